The van der Waals surface area contributed by atoms with Crippen LogP contribution >= 0.6 is 15.9 Å². The molecule has 1 aromatic rings. The van der Waals surface area contributed by atoms with E-state index in [1.165, 1.54) is 12.0 Å². The van der Waals surface area contributed by atoms with Crippen LogP contribution in [0, 0.1) is 11.8 Å². The first kappa shape index (κ1) is 20.8. The Hall–Kier alpha value is -1.44. The first-order valence-electron chi connectivity index (χ1n) is 10.9. The van der Waals surface area contributed by atoms with Crippen LogP contribution in [0.3, 0.4) is 0 Å². The molecule has 158 valence electrons. The van der Waals surface area contributed by atoms with E-state index < -0.39 is 0 Å². The number of hydrogen-bond donors (Lipinski definition) is 2. The number of piperidine rings is 2. The maximum Gasteiger partial charge on any atom is 0.241 e. The summed E-state index contributed by atoms with van der Waals surface area (Å²) in [5, 5.41) is 0. The van der Waals surface area contributed by atoms with Crippen molar-refractivity contribution in [1.29, 1.82) is 0 Å². The molecule has 0 saturated carbocycles. The molecule has 0 spiro atoms. The molecule has 3 atom stereocenters. The Morgan fingerprint density at radius 3 is 2.38 bits per heavy atom. The number of hydrazine groups is 1. The zero-order valence-corrected chi connectivity index (χ0v) is 18.7. The van der Waals surface area contributed by atoms with Gasteiger partial charge in [0.2, 0.25) is 11.8 Å². The average Bonchev–Trinajstić information content (AvgIpc) is 3.23. The minimum atomic E-state index is -0.209. The molecule has 29 heavy (non-hydrogen) atoms. The Morgan fingerprint density at radius 2 is 1.69 bits per heavy atom. The van der Waals surface area contributed by atoms with Gasteiger partial charge in [-0.15, -0.1) is 0 Å². The van der Waals surface area contributed by atoms with E-state index in [0.29, 0.717) is 24.9 Å². The van der Waals surface area contributed by atoms with Gasteiger partial charge in [0.15, 0.2) is 0 Å². The molecule has 3 unspecified atom stereocenters. The normalized spacial score (nSPS) is 28.6. The maximum atomic E-state index is 13.0. The third-order valence-corrected chi connectivity index (χ3v) is 7.13. The van der Waals surface area contributed by atoms with Crippen molar-refractivity contribution >= 4 is 27.7 Å². The minimum Gasteiger partial charge on any atom is -0.342 e. The number of nitrogens with zero attached hydrogens (tertiary/aromatic N) is 2. The number of likely N-dealkylation sites (tertiary alicyclic amines) is 2. The van der Waals surface area contributed by atoms with Gasteiger partial charge in [-0.2, -0.15) is 0 Å². The van der Waals surface area contributed by atoms with Crippen LogP contribution in [0.2, 0.25) is 0 Å². The highest BCUT2D eigenvalue weighted by atomic mass is 79.9. The average molecular weight is 463 g/mol. The lowest BCUT2D eigenvalue weighted by atomic mass is 9.92. The van der Waals surface area contributed by atoms with Crippen LogP contribution in [0.5, 0.6) is 0 Å². The smallest absolute Gasteiger partial charge is 0.241 e. The first-order chi connectivity index (χ1) is 14.0. The molecule has 4 rings (SSSR count). The van der Waals surface area contributed by atoms with Crippen molar-refractivity contribution < 1.29 is 9.59 Å². The number of halogens is 1. The van der Waals surface area contributed by atoms with E-state index in [2.05, 4.69) is 50.7 Å². The van der Waals surface area contributed by atoms with Crippen molar-refractivity contribution in [3.63, 3.8) is 0 Å². The summed E-state index contributed by atoms with van der Waals surface area (Å²) in [6.45, 7) is 5.38. The standard InChI is InChI=1S/C22H31BrN4O2/c1-15-3-2-10-27(14-15)21(28)17-8-11-26(12-9-17)22(29)20-13-19(24-25-20)16-4-6-18(23)7-5-16/h4-7,15,17,19-20,24-25H,2-3,8-14H2,1H3. The molecule has 6 nitrogen and oxygen atoms in total. The van der Waals surface area contributed by atoms with Crippen LogP contribution in [-0.4, -0.2) is 53.8 Å². The molecule has 3 aliphatic heterocycles. The van der Waals surface area contributed by atoms with E-state index in [-0.39, 0.29) is 23.9 Å². The first-order valence-corrected chi connectivity index (χ1v) is 11.6. The van der Waals surface area contributed by atoms with Crippen LogP contribution in [0.4, 0.5) is 0 Å². The second-order valence-electron chi connectivity index (χ2n) is 8.81. The Kier molecular flexibility index (Phi) is 6.56. The van der Waals surface area contributed by atoms with Gasteiger partial charge in [0.05, 0.1) is 0 Å². The van der Waals surface area contributed by atoms with Gasteiger partial charge in [-0.1, -0.05) is 35.0 Å². The summed E-state index contributed by atoms with van der Waals surface area (Å²) in [6, 6.07) is 8.13. The third-order valence-electron chi connectivity index (χ3n) is 6.60. The largest absolute Gasteiger partial charge is 0.342 e. The van der Waals surface area contributed by atoms with Crippen molar-refractivity contribution in [1.82, 2.24) is 20.7 Å². The summed E-state index contributed by atoms with van der Waals surface area (Å²) in [6.07, 6.45) is 4.65. The Morgan fingerprint density at radius 1 is 0.966 bits per heavy atom. The van der Waals surface area contributed by atoms with Gasteiger partial charge in [0.1, 0.15) is 6.04 Å². The van der Waals surface area contributed by atoms with Gasteiger partial charge in [-0.3, -0.25) is 9.59 Å². The fourth-order valence-corrected chi connectivity index (χ4v) is 5.11. The monoisotopic (exact) mass is 462 g/mol. The number of benzene rings is 1. The van der Waals surface area contributed by atoms with Crippen molar-refractivity contribution in [3.8, 4) is 0 Å². The van der Waals surface area contributed by atoms with Crippen molar-refractivity contribution in [2.24, 2.45) is 11.8 Å². The molecule has 7 heteroatoms. The Balaban J connectivity index is 1.27. The number of rotatable bonds is 3. The van der Waals surface area contributed by atoms with Crippen LogP contribution in [0.25, 0.3) is 0 Å². The molecule has 3 fully saturated rings. The maximum absolute atomic E-state index is 13.0. The second-order valence-corrected chi connectivity index (χ2v) is 9.73. The number of nitrogens with one attached hydrogen (secondary N) is 2. The van der Waals surface area contributed by atoms with Gasteiger partial charge in [-0.25, -0.2) is 10.9 Å². The predicted molar refractivity (Wildman–Crippen MR) is 116 cm³/mol. The topological polar surface area (TPSA) is 64.7 Å². The number of amides is 2. The second kappa shape index (κ2) is 9.14. The zero-order valence-electron chi connectivity index (χ0n) is 17.1. The molecule has 0 aromatic heterocycles. The van der Waals surface area contributed by atoms with E-state index >= 15 is 0 Å². The van der Waals surface area contributed by atoms with Gasteiger partial charge in [0, 0.05) is 42.6 Å². The number of hydrogen-bond acceptors (Lipinski definition) is 4. The van der Waals surface area contributed by atoms with Crippen LogP contribution in [-0.2, 0) is 9.59 Å². The van der Waals surface area contributed by atoms with Crippen molar-refractivity contribution in [3.05, 3.63) is 34.3 Å². The number of carbonyl (C=O) groups excluding carboxylic acids is 2. The number of carbonyl (C=O) groups is 2. The zero-order chi connectivity index (χ0) is 20.4. The highest BCUT2D eigenvalue weighted by Gasteiger charge is 2.36. The highest BCUT2D eigenvalue weighted by Crippen LogP contribution is 2.27. The molecule has 2 amide bonds. The highest BCUT2D eigenvalue weighted by molar-refractivity contribution is 9.10. The van der Waals surface area contributed by atoms with E-state index in [1.54, 1.807) is 0 Å². The van der Waals surface area contributed by atoms with E-state index in [9.17, 15) is 9.59 Å². The van der Waals surface area contributed by atoms with Gasteiger partial charge in [0.25, 0.3) is 0 Å². The van der Waals surface area contributed by atoms with Crippen LogP contribution < -0.4 is 10.9 Å². The molecule has 3 aliphatic rings. The lowest BCUT2D eigenvalue weighted by Gasteiger charge is -2.37. The minimum absolute atomic E-state index is 0.0783. The quantitative estimate of drug-likeness (QED) is 0.724. The van der Waals surface area contributed by atoms with Crippen LogP contribution in [0.1, 0.15) is 50.6 Å². The summed E-state index contributed by atoms with van der Waals surface area (Å²) in [4.78, 5) is 29.8. The lowest BCUT2D eigenvalue weighted by molar-refractivity contribution is -0.142. The third kappa shape index (κ3) is 4.84. The summed E-state index contributed by atoms with van der Waals surface area (Å²) in [5.74, 6) is 1.14. The van der Waals surface area contributed by atoms with E-state index in [0.717, 1.165) is 43.2 Å². The van der Waals surface area contributed by atoms with Crippen LogP contribution in [0.15, 0.2) is 28.7 Å². The summed E-state index contributed by atoms with van der Waals surface area (Å²) in [7, 11) is 0. The molecule has 3 heterocycles. The van der Waals surface area contributed by atoms with Gasteiger partial charge in [-0.05, 0) is 55.7 Å². The predicted octanol–water partition coefficient (Wildman–Crippen LogP) is 2.85. The van der Waals surface area contributed by atoms with E-state index in [4.69, 9.17) is 0 Å². The SMILES string of the molecule is CC1CCCN(C(=O)C2CCN(C(=O)C3CC(c4ccc(Br)cc4)NN3)CC2)C1. The molecule has 1 aromatic carbocycles. The van der Waals surface area contributed by atoms with Crippen molar-refractivity contribution in [2.45, 2.75) is 51.1 Å². The molecule has 3 saturated heterocycles. The molecule has 0 bridgehead atoms. The fourth-order valence-electron chi connectivity index (χ4n) is 4.85. The van der Waals surface area contributed by atoms with Gasteiger partial charge < -0.3 is 9.80 Å². The van der Waals surface area contributed by atoms with Crippen molar-refractivity contribution in [2.75, 3.05) is 26.2 Å². The Labute approximate surface area is 181 Å². The van der Waals surface area contributed by atoms with E-state index in [1.807, 2.05) is 17.0 Å². The summed E-state index contributed by atoms with van der Waals surface area (Å²) in [5.41, 5.74) is 7.62. The van der Waals surface area contributed by atoms with Gasteiger partial charge >= 0.3 is 0 Å². The fraction of sp³-hybridized carbons (Fsp3) is 0.636. The summed E-state index contributed by atoms with van der Waals surface area (Å²) < 4.78 is 1.05. The molecule has 0 radical (unpaired) electrons. The Bertz CT molecular complexity index is 733. The lowest BCUT2D eigenvalue weighted by Crippen LogP contribution is -2.50. The molecular formula is C22H31BrN4O2. The molecule has 0 aliphatic carbocycles. The molecular weight excluding hydrogens is 432 g/mol. The summed E-state index contributed by atoms with van der Waals surface area (Å²) >= 11 is 3.46. The molecule has 2 N–H and O–H groups in total.